The number of carboxylic acid groups (broad SMARTS) is 1. The van der Waals surface area contributed by atoms with Gasteiger partial charge in [0.2, 0.25) is 0 Å². The van der Waals surface area contributed by atoms with Crippen LogP contribution in [0, 0.1) is 5.41 Å². The van der Waals surface area contributed by atoms with Gasteiger partial charge in [0.1, 0.15) is 11.6 Å². The molecule has 6 nitrogen and oxygen atoms in total. The van der Waals surface area contributed by atoms with Gasteiger partial charge in [0.15, 0.2) is 5.65 Å². The lowest BCUT2D eigenvalue weighted by Gasteiger charge is -2.26. The number of anilines is 1. The van der Waals surface area contributed by atoms with Crippen molar-refractivity contribution in [1.29, 1.82) is 0 Å². The molecule has 0 radical (unpaired) electrons. The number of aromatic amines is 1. The number of hydrogen-bond donors (Lipinski definition) is 3. The fourth-order valence-corrected chi connectivity index (χ4v) is 3.23. The number of carboxylic acids is 1. The van der Waals surface area contributed by atoms with Crippen LogP contribution >= 0.6 is 0 Å². The number of aromatic nitrogens is 3. The number of aliphatic carboxylic acids is 1. The maximum Gasteiger partial charge on any atom is 0.310 e. The van der Waals surface area contributed by atoms with Gasteiger partial charge in [0.25, 0.3) is 0 Å². The molecule has 0 saturated heterocycles. The first-order valence-electron chi connectivity index (χ1n) is 7.44. The number of imidazole rings is 1. The van der Waals surface area contributed by atoms with E-state index in [-0.39, 0.29) is 0 Å². The normalized spacial score (nSPS) is 18.5. The Bertz CT molecular complexity index is 657. The molecule has 1 aliphatic carbocycles. The first-order valence-corrected chi connectivity index (χ1v) is 7.44. The van der Waals surface area contributed by atoms with E-state index < -0.39 is 11.4 Å². The third-order valence-electron chi connectivity index (χ3n) is 4.44. The van der Waals surface area contributed by atoms with Gasteiger partial charge in [-0.15, -0.1) is 0 Å². The van der Waals surface area contributed by atoms with E-state index in [2.05, 4.69) is 15.0 Å². The molecule has 6 heteroatoms. The summed E-state index contributed by atoms with van der Waals surface area (Å²) in [4.78, 5) is 23.6. The minimum atomic E-state index is -0.711. The predicted molar refractivity (Wildman–Crippen MR) is 79.8 cm³/mol. The molecular formula is C15H20N4O2. The predicted octanol–water partition coefficient (Wildman–Crippen LogP) is 2.51. The van der Waals surface area contributed by atoms with Gasteiger partial charge in [-0.25, -0.2) is 9.97 Å². The number of fused-ring (bicyclic) bond motifs is 1. The van der Waals surface area contributed by atoms with Crippen LogP contribution in [0.25, 0.3) is 11.2 Å². The van der Waals surface area contributed by atoms with Gasteiger partial charge in [-0.05, 0) is 25.0 Å². The Morgan fingerprint density at radius 3 is 2.62 bits per heavy atom. The van der Waals surface area contributed by atoms with E-state index in [0.717, 1.165) is 44.0 Å². The van der Waals surface area contributed by atoms with Crippen molar-refractivity contribution < 1.29 is 9.90 Å². The van der Waals surface area contributed by atoms with Crippen molar-refractivity contribution in [3.63, 3.8) is 0 Å². The van der Waals surface area contributed by atoms with E-state index in [1.54, 1.807) is 6.07 Å². The number of nitrogens with zero attached hydrogens (tertiary/aromatic N) is 2. The lowest BCUT2D eigenvalue weighted by Crippen LogP contribution is -2.33. The third kappa shape index (κ3) is 2.70. The zero-order valence-electron chi connectivity index (χ0n) is 11.9. The number of nitrogens with one attached hydrogen (secondary N) is 1. The molecule has 0 amide bonds. The van der Waals surface area contributed by atoms with Crippen molar-refractivity contribution >= 4 is 23.0 Å². The summed E-state index contributed by atoms with van der Waals surface area (Å²) in [5.41, 5.74) is 6.31. The quantitative estimate of drug-likeness (QED) is 0.753. The minimum Gasteiger partial charge on any atom is -0.481 e. The summed E-state index contributed by atoms with van der Waals surface area (Å²) in [6, 6.07) is 3.54. The van der Waals surface area contributed by atoms with Gasteiger partial charge >= 0.3 is 5.97 Å². The van der Waals surface area contributed by atoms with Crippen molar-refractivity contribution in [2.75, 3.05) is 5.73 Å². The second-order valence-corrected chi connectivity index (χ2v) is 5.97. The molecule has 2 heterocycles. The summed E-state index contributed by atoms with van der Waals surface area (Å²) < 4.78 is 0. The van der Waals surface area contributed by atoms with Gasteiger partial charge < -0.3 is 15.8 Å². The molecule has 0 aliphatic heterocycles. The second kappa shape index (κ2) is 5.35. The SMILES string of the molecule is Nc1ccc2[nH]c(CC3(C(=O)O)CCCCCC3)nc2n1. The lowest BCUT2D eigenvalue weighted by molar-refractivity contribution is -0.150. The topological polar surface area (TPSA) is 105 Å². The van der Waals surface area contributed by atoms with E-state index in [1.165, 1.54) is 0 Å². The Hall–Kier alpha value is -2.11. The second-order valence-electron chi connectivity index (χ2n) is 5.97. The Labute approximate surface area is 122 Å². The van der Waals surface area contributed by atoms with Gasteiger partial charge in [-0.1, -0.05) is 25.7 Å². The highest BCUT2D eigenvalue weighted by atomic mass is 16.4. The molecule has 0 aromatic carbocycles. The Kier molecular flexibility index (Phi) is 3.53. The zero-order valence-corrected chi connectivity index (χ0v) is 11.9. The van der Waals surface area contributed by atoms with Crippen molar-refractivity contribution in [3.05, 3.63) is 18.0 Å². The molecule has 3 rings (SSSR count). The Balaban J connectivity index is 1.91. The summed E-state index contributed by atoms with van der Waals surface area (Å²) in [5.74, 6) is 0.396. The number of nitrogen functional groups attached to an aromatic ring is 1. The fraction of sp³-hybridized carbons (Fsp3) is 0.533. The molecule has 1 saturated carbocycles. The summed E-state index contributed by atoms with van der Waals surface area (Å²) in [6.45, 7) is 0. The molecular weight excluding hydrogens is 268 g/mol. The van der Waals surface area contributed by atoms with Crippen LogP contribution in [0.3, 0.4) is 0 Å². The number of pyridine rings is 1. The third-order valence-corrected chi connectivity index (χ3v) is 4.44. The smallest absolute Gasteiger partial charge is 0.310 e. The molecule has 0 spiro atoms. The van der Waals surface area contributed by atoms with E-state index in [4.69, 9.17) is 5.73 Å². The first kappa shape index (κ1) is 13.9. The summed E-state index contributed by atoms with van der Waals surface area (Å²) >= 11 is 0. The maximum absolute atomic E-state index is 11.8. The van der Waals surface area contributed by atoms with Crippen LogP contribution in [0.1, 0.15) is 44.3 Å². The van der Waals surface area contributed by atoms with Crippen molar-refractivity contribution in [2.24, 2.45) is 5.41 Å². The molecule has 0 unspecified atom stereocenters. The minimum absolute atomic E-state index is 0.419. The van der Waals surface area contributed by atoms with Crippen molar-refractivity contribution in [1.82, 2.24) is 15.0 Å². The van der Waals surface area contributed by atoms with Crippen molar-refractivity contribution in [2.45, 2.75) is 44.9 Å². The van der Waals surface area contributed by atoms with Crippen molar-refractivity contribution in [3.8, 4) is 0 Å². The zero-order chi connectivity index (χ0) is 14.9. The molecule has 2 aromatic heterocycles. The number of rotatable bonds is 3. The fourth-order valence-electron chi connectivity index (χ4n) is 3.23. The number of carbonyl (C=O) groups is 1. The Morgan fingerprint density at radius 1 is 1.24 bits per heavy atom. The van der Waals surface area contributed by atoms with Crippen LogP contribution in [0.4, 0.5) is 5.82 Å². The van der Waals surface area contributed by atoms with Crippen LogP contribution in [0.15, 0.2) is 12.1 Å². The molecule has 2 aromatic rings. The highest BCUT2D eigenvalue weighted by Crippen LogP contribution is 2.38. The van der Waals surface area contributed by atoms with Gasteiger partial charge in [0, 0.05) is 6.42 Å². The number of hydrogen-bond acceptors (Lipinski definition) is 4. The van der Waals surface area contributed by atoms with Crippen LogP contribution in [-0.4, -0.2) is 26.0 Å². The number of H-pyrrole nitrogens is 1. The van der Waals surface area contributed by atoms with Gasteiger partial charge in [-0.2, -0.15) is 0 Å². The maximum atomic E-state index is 11.8. The van der Waals surface area contributed by atoms with Crippen LogP contribution in [0.5, 0.6) is 0 Å². The lowest BCUT2D eigenvalue weighted by atomic mass is 9.77. The van der Waals surface area contributed by atoms with Crippen LogP contribution < -0.4 is 5.73 Å². The first-order chi connectivity index (χ1) is 10.1. The van der Waals surface area contributed by atoms with Gasteiger partial charge in [0.05, 0.1) is 10.9 Å². The molecule has 21 heavy (non-hydrogen) atoms. The molecule has 1 fully saturated rings. The van der Waals surface area contributed by atoms with Gasteiger partial charge in [-0.3, -0.25) is 4.79 Å². The summed E-state index contributed by atoms with van der Waals surface area (Å²) in [6.07, 6.45) is 6.04. The molecule has 1 aliphatic rings. The largest absolute Gasteiger partial charge is 0.481 e. The summed E-state index contributed by atoms with van der Waals surface area (Å²) in [5, 5.41) is 9.72. The molecule has 4 N–H and O–H groups in total. The van der Waals surface area contributed by atoms with E-state index in [0.29, 0.717) is 23.7 Å². The van der Waals surface area contributed by atoms with E-state index in [1.807, 2.05) is 6.07 Å². The average Bonchev–Trinajstić information content (AvgIpc) is 2.67. The summed E-state index contributed by atoms with van der Waals surface area (Å²) in [7, 11) is 0. The molecule has 0 atom stereocenters. The standard InChI is InChI=1S/C15H20N4O2/c16-11-6-5-10-13(18-11)19-12(17-10)9-15(14(20)21)7-3-1-2-4-8-15/h5-6H,1-4,7-9H2,(H,20,21)(H3,16,17,18,19). The number of nitrogens with two attached hydrogens (primary N) is 1. The van der Waals surface area contributed by atoms with Crippen LogP contribution in [-0.2, 0) is 11.2 Å². The van der Waals surface area contributed by atoms with E-state index in [9.17, 15) is 9.90 Å². The van der Waals surface area contributed by atoms with Crippen LogP contribution in [0.2, 0.25) is 0 Å². The highest BCUT2D eigenvalue weighted by Gasteiger charge is 2.39. The average molecular weight is 288 g/mol. The van der Waals surface area contributed by atoms with E-state index >= 15 is 0 Å². The molecule has 0 bridgehead atoms. The highest BCUT2D eigenvalue weighted by molar-refractivity contribution is 5.76. The monoisotopic (exact) mass is 288 g/mol. The molecule has 112 valence electrons. The Morgan fingerprint density at radius 2 is 1.95 bits per heavy atom.